The fourth-order valence-electron chi connectivity index (χ4n) is 1.40. The highest BCUT2D eigenvalue weighted by atomic mass is 32.1. The molecular formula is C11H17NO2S. The van der Waals surface area contributed by atoms with Crippen molar-refractivity contribution in [2.24, 2.45) is 0 Å². The summed E-state index contributed by atoms with van der Waals surface area (Å²) in [5, 5.41) is 9.98. The Morgan fingerprint density at radius 2 is 2.07 bits per heavy atom. The lowest BCUT2D eigenvalue weighted by Crippen LogP contribution is -1.98. The average molecular weight is 227 g/mol. The lowest BCUT2D eigenvalue weighted by Gasteiger charge is -1.95. The van der Waals surface area contributed by atoms with Crippen LogP contribution in [0.4, 0.5) is 0 Å². The number of rotatable bonds is 6. The third-order valence-electron chi connectivity index (χ3n) is 2.17. The van der Waals surface area contributed by atoms with Crippen molar-refractivity contribution < 1.29 is 9.90 Å². The number of aryl methyl sites for hydroxylation is 2. The van der Waals surface area contributed by atoms with E-state index in [-0.39, 0.29) is 0 Å². The van der Waals surface area contributed by atoms with Gasteiger partial charge in [-0.25, -0.2) is 9.78 Å². The highest BCUT2D eigenvalue weighted by Crippen LogP contribution is 2.21. The van der Waals surface area contributed by atoms with Crippen molar-refractivity contribution in [1.29, 1.82) is 0 Å². The number of carbonyl (C=O) groups is 1. The predicted octanol–water partition coefficient (Wildman–Crippen LogP) is 3.14. The molecule has 0 saturated carbocycles. The smallest absolute Gasteiger partial charge is 0.347 e. The fraction of sp³-hybridized carbons (Fsp3) is 0.636. The van der Waals surface area contributed by atoms with Gasteiger partial charge in [0.1, 0.15) is 4.88 Å². The Balaban J connectivity index is 2.85. The number of hydrogen-bond donors (Lipinski definition) is 1. The molecule has 4 heteroatoms. The second kappa shape index (κ2) is 5.85. The largest absolute Gasteiger partial charge is 0.477 e. The number of thiazole rings is 1. The minimum absolute atomic E-state index is 0.437. The second-order valence-electron chi connectivity index (χ2n) is 3.54. The molecule has 0 aliphatic rings. The minimum Gasteiger partial charge on any atom is -0.477 e. The first-order chi connectivity index (χ1) is 7.19. The van der Waals surface area contributed by atoms with Crippen LogP contribution in [0.5, 0.6) is 0 Å². The maximum Gasteiger partial charge on any atom is 0.347 e. The van der Waals surface area contributed by atoms with E-state index in [9.17, 15) is 4.79 Å². The van der Waals surface area contributed by atoms with Gasteiger partial charge in [-0.15, -0.1) is 11.3 Å². The van der Waals surface area contributed by atoms with Crippen LogP contribution < -0.4 is 0 Å². The first-order valence-corrected chi connectivity index (χ1v) is 6.22. The molecule has 1 N–H and O–H groups in total. The number of nitrogens with zero attached hydrogens (tertiary/aromatic N) is 1. The van der Waals surface area contributed by atoms with Crippen molar-refractivity contribution in [3.63, 3.8) is 0 Å². The second-order valence-corrected chi connectivity index (χ2v) is 4.63. The number of carboxylic acids is 1. The number of aromatic nitrogens is 1. The molecule has 0 aromatic carbocycles. The summed E-state index contributed by atoms with van der Waals surface area (Å²) in [6.07, 6.45) is 4.77. The zero-order chi connectivity index (χ0) is 11.3. The first-order valence-electron chi connectivity index (χ1n) is 5.40. The van der Waals surface area contributed by atoms with Gasteiger partial charge in [-0.3, -0.25) is 0 Å². The van der Waals surface area contributed by atoms with Gasteiger partial charge < -0.3 is 5.11 Å². The Kier molecular flexibility index (Phi) is 4.75. The predicted molar refractivity (Wildman–Crippen MR) is 61.7 cm³/mol. The van der Waals surface area contributed by atoms with Crippen molar-refractivity contribution in [2.45, 2.75) is 46.0 Å². The zero-order valence-electron chi connectivity index (χ0n) is 9.25. The van der Waals surface area contributed by atoms with E-state index in [0.29, 0.717) is 4.88 Å². The van der Waals surface area contributed by atoms with Crippen LogP contribution in [0.3, 0.4) is 0 Å². The monoisotopic (exact) mass is 227 g/mol. The van der Waals surface area contributed by atoms with Gasteiger partial charge in [-0.2, -0.15) is 0 Å². The van der Waals surface area contributed by atoms with Crippen molar-refractivity contribution >= 4 is 17.3 Å². The van der Waals surface area contributed by atoms with Crippen LogP contribution in [0.25, 0.3) is 0 Å². The van der Waals surface area contributed by atoms with Crippen LogP contribution in [0.1, 0.15) is 53.5 Å². The van der Waals surface area contributed by atoms with Gasteiger partial charge in [-0.1, -0.05) is 20.3 Å². The van der Waals surface area contributed by atoms with E-state index in [4.69, 9.17) is 5.11 Å². The molecule has 0 bridgehead atoms. The van der Waals surface area contributed by atoms with Crippen LogP contribution >= 0.6 is 11.3 Å². The SMILES string of the molecule is CCCCc1nc(CCC)sc1C(=O)O. The van der Waals surface area contributed by atoms with E-state index in [1.165, 1.54) is 11.3 Å². The summed E-state index contributed by atoms with van der Waals surface area (Å²) in [5.41, 5.74) is 0.776. The van der Waals surface area contributed by atoms with Gasteiger partial charge >= 0.3 is 5.97 Å². The molecule has 1 aromatic rings. The summed E-state index contributed by atoms with van der Waals surface area (Å²) < 4.78 is 0. The minimum atomic E-state index is -0.832. The summed E-state index contributed by atoms with van der Waals surface area (Å²) >= 11 is 1.33. The molecule has 0 atom stereocenters. The molecule has 0 aliphatic carbocycles. The Morgan fingerprint density at radius 1 is 1.33 bits per heavy atom. The molecule has 15 heavy (non-hydrogen) atoms. The van der Waals surface area contributed by atoms with Gasteiger partial charge in [0.2, 0.25) is 0 Å². The summed E-state index contributed by atoms with van der Waals surface area (Å²) in [7, 11) is 0. The van der Waals surface area contributed by atoms with E-state index >= 15 is 0 Å². The van der Waals surface area contributed by atoms with Crippen molar-refractivity contribution in [3.8, 4) is 0 Å². The summed E-state index contributed by atoms with van der Waals surface area (Å²) in [5.74, 6) is -0.832. The first kappa shape index (κ1) is 12.2. The Hall–Kier alpha value is -0.900. The molecule has 0 saturated heterocycles. The van der Waals surface area contributed by atoms with Crippen LogP contribution in [-0.4, -0.2) is 16.1 Å². The van der Waals surface area contributed by atoms with Gasteiger partial charge in [0.25, 0.3) is 0 Å². The van der Waals surface area contributed by atoms with Crippen molar-refractivity contribution in [3.05, 3.63) is 15.6 Å². The zero-order valence-corrected chi connectivity index (χ0v) is 10.1. The molecule has 0 fully saturated rings. The van der Waals surface area contributed by atoms with E-state index in [0.717, 1.165) is 42.8 Å². The number of aromatic carboxylic acids is 1. The topological polar surface area (TPSA) is 50.2 Å². The van der Waals surface area contributed by atoms with Crippen LogP contribution in [0.15, 0.2) is 0 Å². The van der Waals surface area contributed by atoms with Crippen molar-refractivity contribution in [1.82, 2.24) is 4.98 Å². The molecule has 0 spiro atoms. The third-order valence-corrected chi connectivity index (χ3v) is 3.31. The van der Waals surface area contributed by atoms with Gasteiger partial charge in [0.15, 0.2) is 0 Å². The van der Waals surface area contributed by atoms with Gasteiger partial charge in [0.05, 0.1) is 10.7 Å². The molecule has 1 aromatic heterocycles. The van der Waals surface area contributed by atoms with Crippen LogP contribution in [-0.2, 0) is 12.8 Å². The average Bonchev–Trinajstić information content (AvgIpc) is 2.59. The quantitative estimate of drug-likeness (QED) is 0.812. The molecule has 1 heterocycles. The molecule has 1 rings (SSSR count). The third kappa shape index (κ3) is 3.30. The molecule has 0 aliphatic heterocycles. The van der Waals surface area contributed by atoms with Crippen LogP contribution in [0.2, 0.25) is 0 Å². The number of hydrogen-bond acceptors (Lipinski definition) is 3. The lowest BCUT2D eigenvalue weighted by atomic mass is 10.2. The molecule has 3 nitrogen and oxygen atoms in total. The molecule has 0 unspecified atom stereocenters. The maximum absolute atomic E-state index is 11.0. The highest BCUT2D eigenvalue weighted by molar-refractivity contribution is 7.13. The van der Waals surface area contributed by atoms with Crippen molar-refractivity contribution in [2.75, 3.05) is 0 Å². The molecule has 0 amide bonds. The number of unbranched alkanes of at least 4 members (excludes halogenated alkanes) is 1. The molecule has 84 valence electrons. The van der Waals surface area contributed by atoms with E-state index in [1.54, 1.807) is 0 Å². The maximum atomic E-state index is 11.0. The Bertz CT molecular complexity index is 333. The van der Waals surface area contributed by atoms with E-state index < -0.39 is 5.97 Å². The Labute approximate surface area is 94.2 Å². The highest BCUT2D eigenvalue weighted by Gasteiger charge is 2.16. The van der Waals surface area contributed by atoms with Gasteiger partial charge in [-0.05, 0) is 25.7 Å². The van der Waals surface area contributed by atoms with E-state index in [2.05, 4.69) is 18.8 Å². The standard InChI is InChI=1S/C11H17NO2S/c1-3-5-7-8-10(11(13)14)15-9(12-8)6-4-2/h3-7H2,1-2H3,(H,13,14). The fourth-order valence-corrected chi connectivity index (χ4v) is 2.45. The Morgan fingerprint density at radius 3 is 2.60 bits per heavy atom. The van der Waals surface area contributed by atoms with E-state index in [1.807, 2.05) is 0 Å². The van der Waals surface area contributed by atoms with Gasteiger partial charge in [0, 0.05) is 0 Å². The lowest BCUT2D eigenvalue weighted by molar-refractivity contribution is 0.0700. The van der Waals surface area contributed by atoms with Crippen LogP contribution in [0, 0.1) is 0 Å². The molecular weight excluding hydrogens is 210 g/mol. The summed E-state index contributed by atoms with van der Waals surface area (Å²) in [4.78, 5) is 15.8. The molecule has 0 radical (unpaired) electrons. The number of carboxylic acid groups (broad SMARTS) is 1. The summed E-state index contributed by atoms with van der Waals surface area (Å²) in [6.45, 7) is 4.17. The normalized spacial score (nSPS) is 10.5. The summed E-state index contributed by atoms with van der Waals surface area (Å²) in [6, 6.07) is 0.